The molecule has 3 rings (SSSR count). The summed E-state index contributed by atoms with van der Waals surface area (Å²) < 4.78 is 8.33. The van der Waals surface area contributed by atoms with Gasteiger partial charge in [-0.3, -0.25) is 0 Å². The minimum Gasteiger partial charge on any atom is -0.412 e. The summed E-state index contributed by atoms with van der Waals surface area (Å²) in [4.78, 5) is 4.40. The molecule has 0 radical (unpaired) electrons. The highest BCUT2D eigenvalue weighted by Crippen LogP contribution is 2.38. The number of nitriles is 2. The van der Waals surface area contributed by atoms with Crippen LogP contribution in [0.5, 0.6) is 0 Å². The number of nitrogens with zero attached hydrogens (tertiary/aromatic N) is 4. The first-order valence-electron chi connectivity index (χ1n) is 11.9. The van der Waals surface area contributed by atoms with Gasteiger partial charge in [-0.25, -0.2) is 4.98 Å². The third-order valence-electron chi connectivity index (χ3n) is 7.08. The minimum absolute atomic E-state index is 0.0778. The molecule has 8 heteroatoms. The molecule has 188 valence electrons. The van der Waals surface area contributed by atoms with Crippen LogP contribution >= 0.6 is 11.6 Å². The van der Waals surface area contributed by atoms with Crippen LogP contribution in [0.3, 0.4) is 0 Å². The van der Waals surface area contributed by atoms with E-state index >= 15 is 0 Å². The Balaban J connectivity index is 2.03. The van der Waals surface area contributed by atoms with Crippen LogP contribution in [0.4, 0.5) is 0 Å². The van der Waals surface area contributed by atoms with E-state index in [9.17, 15) is 10.4 Å². The summed E-state index contributed by atoms with van der Waals surface area (Å²) in [5, 5.41) is 30.3. The molecular weight excluding hydrogens is 488 g/mol. The maximum atomic E-state index is 10.6. The lowest BCUT2D eigenvalue weighted by Gasteiger charge is -2.36. The number of halogens is 1. The number of hydrogen-bond acceptors (Lipinski definition) is 5. The summed E-state index contributed by atoms with van der Waals surface area (Å²) in [6.45, 7) is 15.4. The number of aliphatic hydroxyl groups excluding tert-OH is 1. The van der Waals surface area contributed by atoms with Gasteiger partial charge in [0, 0.05) is 29.6 Å². The molecule has 0 saturated heterocycles. The Morgan fingerprint density at radius 1 is 1.17 bits per heavy atom. The fourth-order valence-electron chi connectivity index (χ4n) is 3.96. The third kappa shape index (κ3) is 5.56. The monoisotopic (exact) mass is 520 g/mol. The second kappa shape index (κ2) is 10.6. The van der Waals surface area contributed by atoms with Crippen molar-refractivity contribution in [1.82, 2.24) is 9.55 Å². The van der Waals surface area contributed by atoms with Crippen LogP contribution in [0.1, 0.15) is 67.4 Å². The maximum Gasteiger partial charge on any atom is 0.192 e. The van der Waals surface area contributed by atoms with Crippen molar-refractivity contribution in [3.8, 4) is 23.3 Å². The van der Waals surface area contributed by atoms with Gasteiger partial charge in [-0.2, -0.15) is 10.5 Å². The van der Waals surface area contributed by atoms with E-state index < -0.39 is 14.4 Å². The van der Waals surface area contributed by atoms with Crippen molar-refractivity contribution in [2.75, 3.05) is 0 Å². The van der Waals surface area contributed by atoms with E-state index in [0.717, 1.165) is 27.9 Å². The standard InChI is InChI=1S/C28H33ClN4O2Si/c1-18-25(22-10-8-20(13-30)9-11-22)24(14-31)26(19(2)34)33(18)16-21-12-23(27(29)32-15-21)17-35-36(6,7)28(3,4)5/h8-12,15,19,34H,16-17H2,1-7H3. The molecule has 0 bridgehead atoms. The first-order chi connectivity index (χ1) is 16.8. The van der Waals surface area contributed by atoms with Crippen molar-refractivity contribution in [1.29, 1.82) is 10.5 Å². The molecule has 3 aromatic rings. The summed E-state index contributed by atoms with van der Waals surface area (Å²) in [5.41, 5.74) is 5.65. The lowest BCUT2D eigenvalue weighted by molar-refractivity contribution is 0.189. The quantitative estimate of drug-likeness (QED) is 0.270. The molecular formula is C28H33ClN4O2Si. The Labute approximate surface area is 219 Å². The average Bonchev–Trinajstić information content (AvgIpc) is 3.10. The Morgan fingerprint density at radius 2 is 1.81 bits per heavy atom. The SMILES string of the molecule is Cc1c(-c2ccc(C#N)cc2)c(C#N)c(C(C)O)n1Cc1cnc(Cl)c(CO[Si](C)(C)C(C)(C)C)c1. The average molecular weight is 521 g/mol. The van der Waals surface area contributed by atoms with Crippen molar-refractivity contribution in [3.63, 3.8) is 0 Å². The fraction of sp³-hybridized carbons (Fsp3) is 0.393. The molecule has 0 fully saturated rings. The molecule has 1 N–H and O–H groups in total. The van der Waals surface area contributed by atoms with Crippen LogP contribution < -0.4 is 0 Å². The molecule has 2 aromatic heterocycles. The van der Waals surface area contributed by atoms with E-state index in [0.29, 0.717) is 35.1 Å². The van der Waals surface area contributed by atoms with Crippen molar-refractivity contribution < 1.29 is 9.53 Å². The van der Waals surface area contributed by atoms with Gasteiger partial charge in [0.15, 0.2) is 8.32 Å². The smallest absolute Gasteiger partial charge is 0.192 e. The van der Waals surface area contributed by atoms with E-state index in [2.05, 4.69) is 51.0 Å². The zero-order valence-electron chi connectivity index (χ0n) is 22.0. The van der Waals surface area contributed by atoms with Crippen molar-refractivity contribution in [2.24, 2.45) is 0 Å². The molecule has 1 atom stereocenters. The van der Waals surface area contributed by atoms with Crippen molar-refractivity contribution in [2.45, 2.75) is 72.0 Å². The predicted molar refractivity (Wildman–Crippen MR) is 145 cm³/mol. The van der Waals surface area contributed by atoms with Crippen LogP contribution in [0.2, 0.25) is 23.3 Å². The second-order valence-electron chi connectivity index (χ2n) is 10.6. The topological polar surface area (TPSA) is 94.9 Å². The predicted octanol–water partition coefficient (Wildman–Crippen LogP) is 6.88. The van der Waals surface area contributed by atoms with Crippen LogP contribution in [0.25, 0.3) is 11.1 Å². The minimum atomic E-state index is -1.97. The molecule has 0 aliphatic heterocycles. The highest BCUT2D eigenvalue weighted by molar-refractivity contribution is 6.74. The molecule has 0 saturated carbocycles. The third-order valence-corrected chi connectivity index (χ3v) is 11.9. The molecule has 0 amide bonds. The van der Waals surface area contributed by atoms with Gasteiger partial charge >= 0.3 is 0 Å². The first-order valence-corrected chi connectivity index (χ1v) is 15.2. The molecule has 1 aromatic carbocycles. The van der Waals surface area contributed by atoms with Crippen LogP contribution in [0, 0.1) is 29.6 Å². The van der Waals surface area contributed by atoms with Gasteiger partial charge < -0.3 is 14.1 Å². The number of hydrogen-bond donors (Lipinski definition) is 1. The summed E-state index contributed by atoms with van der Waals surface area (Å²) in [7, 11) is -1.97. The van der Waals surface area contributed by atoms with E-state index in [4.69, 9.17) is 21.3 Å². The van der Waals surface area contributed by atoms with Gasteiger partial charge in [0.1, 0.15) is 11.2 Å². The Kier molecular flexibility index (Phi) is 8.12. The lowest BCUT2D eigenvalue weighted by Crippen LogP contribution is -2.40. The first kappa shape index (κ1) is 27.6. The lowest BCUT2D eigenvalue weighted by atomic mass is 9.99. The maximum absolute atomic E-state index is 10.6. The summed E-state index contributed by atoms with van der Waals surface area (Å²) >= 11 is 6.42. The Bertz CT molecular complexity index is 1340. The highest BCUT2D eigenvalue weighted by Gasteiger charge is 2.37. The van der Waals surface area contributed by atoms with Gasteiger partial charge in [0.2, 0.25) is 0 Å². The molecule has 36 heavy (non-hydrogen) atoms. The number of pyridine rings is 1. The zero-order chi connectivity index (χ0) is 26.8. The Hall–Kier alpha value is -2.94. The molecule has 2 heterocycles. The van der Waals surface area contributed by atoms with E-state index in [1.54, 1.807) is 25.3 Å². The molecule has 1 unspecified atom stereocenters. The normalized spacial score (nSPS) is 12.8. The van der Waals surface area contributed by atoms with Crippen LogP contribution in [-0.2, 0) is 17.6 Å². The molecule has 0 spiro atoms. The van der Waals surface area contributed by atoms with Gasteiger partial charge in [-0.1, -0.05) is 44.5 Å². The van der Waals surface area contributed by atoms with E-state index in [1.165, 1.54) is 0 Å². The number of aliphatic hydroxyl groups is 1. The molecule has 0 aliphatic carbocycles. The number of rotatable bonds is 7. The zero-order valence-corrected chi connectivity index (χ0v) is 23.7. The number of aromatic nitrogens is 2. The summed E-state index contributed by atoms with van der Waals surface area (Å²) in [6, 6.07) is 13.5. The van der Waals surface area contributed by atoms with Gasteiger partial charge in [0.05, 0.1) is 35.6 Å². The summed E-state index contributed by atoms with van der Waals surface area (Å²) in [5.74, 6) is 0. The van der Waals surface area contributed by atoms with Crippen LogP contribution in [-0.4, -0.2) is 23.0 Å². The summed E-state index contributed by atoms with van der Waals surface area (Å²) in [6.07, 6.45) is 0.865. The fourth-order valence-corrected chi connectivity index (χ4v) is 5.07. The number of benzene rings is 1. The van der Waals surface area contributed by atoms with E-state index in [-0.39, 0.29) is 5.04 Å². The van der Waals surface area contributed by atoms with Gasteiger partial charge in [0.25, 0.3) is 0 Å². The van der Waals surface area contributed by atoms with Crippen molar-refractivity contribution >= 4 is 19.9 Å². The van der Waals surface area contributed by atoms with Gasteiger partial charge in [-0.15, -0.1) is 0 Å². The Morgan fingerprint density at radius 3 is 2.33 bits per heavy atom. The largest absolute Gasteiger partial charge is 0.412 e. The van der Waals surface area contributed by atoms with Crippen molar-refractivity contribution in [3.05, 3.63) is 75.3 Å². The molecule has 6 nitrogen and oxygen atoms in total. The molecule has 0 aliphatic rings. The van der Waals surface area contributed by atoms with Gasteiger partial charge in [-0.05, 0) is 61.3 Å². The van der Waals surface area contributed by atoms with E-state index in [1.807, 2.05) is 29.7 Å². The second-order valence-corrected chi connectivity index (χ2v) is 15.8. The van der Waals surface area contributed by atoms with Crippen LogP contribution in [0.15, 0.2) is 36.5 Å². The highest BCUT2D eigenvalue weighted by atomic mass is 35.5.